The summed E-state index contributed by atoms with van der Waals surface area (Å²) in [5, 5.41) is 15.6. The van der Waals surface area contributed by atoms with Crippen LogP contribution in [0.25, 0.3) is 0 Å². The van der Waals surface area contributed by atoms with E-state index in [1.165, 1.54) is 0 Å². The third-order valence-corrected chi connectivity index (χ3v) is 5.25. The van der Waals surface area contributed by atoms with Crippen LogP contribution >= 0.6 is 15.9 Å². The fourth-order valence-electron chi connectivity index (χ4n) is 3.17. The summed E-state index contributed by atoms with van der Waals surface area (Å²) in [6.07, 6.45) is 5.29. The minimum atomic E-state index is -0.668. The van der Waals surface area contributed by atoms with E-state index in [0.29, 0.717) is 19.4 Å². The maximum absolute atomic E-state index is 11.0. The van der Waals surface area contributed by atoms with Crippen LogP contribution in [0.2, 0.25) is 0 Å². The van der Waals surface area contributed by atoms with Crippen molar-refractivity contribution >= 4 is 15.9 Å². The smallest absolute Gasteiger partial charge is 0.0766 e. The first-order valence-electron chi connectivity index (χ1n) is 8.11. The van der Waals surface area contributed by atoms with Crippen LogP contribution in [0.5, 0.6) is 0 Å². The molecule has 0 aromatic carbocycles. The third-order valence-electron chi connectivity index (χ3n) is 4.33. The van der Waals surface area contributed by atoms with E-state index in [0.717, 1.165) is 48.1 Å². The molecule has 1 aliphatic rings. The number of rotatable bonds is 6. The molecule has 1 aliphatic heterocycles. The van der Waals surface area contributed by atoms with Crippen LogP contribution < -0.4 is 0 Å². The Balaban J connectivity index is 2.18. The number of hydrogen-bond acceptors (Lipinski definition) is 3. The van der Waals surface area contributed by atoms with Gasteiger partial charge in [0.05, 0.1) is 27.6 Å². The summed E-state index contributed by atoms with van der Waals surface area (Å²) in [5.41, 5.74) is 1.53. The topological polar surface area (TPSA) is 47.3 Å². The predicted octanol–water partition coefficient (Wildman–Crippen LogP) is 3.48. The minimum Gasteiger partial charge on any atom is -0.389 e. The second-order valence-corrected chi connectivity index (χ2v) is 6.81. The summed E-state index contributed by atoms with van der Waals surface area (Å²) < 4.78 is 8.86. The molecule has 2 unspecified atom stereocenters. The lowest BCUT2D eigenvalue weighted by Gasteiger charge is -2.37. The van der Waals surface area contributed by atoms with Crippen LogP contribution in [-0.4, -0.2) is 33.2 Å². The van der Waals surface area contributed by atoms with Gasteiger partial charge in [0.25, 0.3) is 0 Å². The van der Waals surface area contributed by atoms with E-state index in [1.807, 2.05) is 4.68 Å². The molecule has 0 bridgehead atoms. The van der Waals surface area contributed by atoms with E-state index in [9.17, 15) is 5.11 Å². The van der Waals surface area contributed by atoms with Crippen molar-refractivity contribution in [3.8, 4) is 0 Å². The summed E-state index contributed by atoms with van der Waals surface area (Å²) >= 11 is 3.67. The molecule has 21 heavy (non-hydrogen) atoms. The Kier molecular flexibility index (Phi) is 5.86. The second-order valence-electron chi connectivity index (χ2n) is 6.01. The molecule has 0 amide bonds. The Morgan fingerprint density at radius 3 is 2.81 bits per heavy atom. The molecular formula is C16H27BrN2O2. The van der Waals surface area contributed by atoms with Crippen LogP contribution in [0.4, 0.5) is 0 Å². The van der Waals surface area contributed by atoms with Gasteiger partial charge in [-0.3, -0.25) is 4.68 Å². The van der Waals surface area contributed by atoms with Gasteiger partial charge in [0.15, 0.2) is 0 Å². The second kappa shape index (κ2) is 7.25. The summed E-state index contributed by atoms with van der Waals surface area (Å²) in [7, 11) is 0. The molecule has 1 aromatic heterocycles. The van der Waals surface area contributed by atoms with Gasteiger partial charge in [-0.25, -0.2) is 0 Å². The quantitative estimate of drug-likeness (QED) is 0.846. The molecule has 120 valence electrons. The number of aromatic nitrogens is 2. The summed E-state index contributed by atoms with van der Waals surface area (Å²) in [5.74, 6) is 0. The zero-order valence-electron chi connectivity index (χ0n) is 13.4. The van der Waals surface area contributed by atoms with Gasteiger partial charge in [0.1, 0.15) is 0 Å². The number of halogens is 1. The molecule has 1 aromatic rings. The molecule has 4 nitrogen and oxygen atoms in total. The van der Waals surface area contributed by atoms with Gasteiger partial charge in [-0.1, -0.05) is 20.3 Å². The molecule has 2 rings (SSSR count). The average Bonchev–Trinajstić information content (AvgIpc) is 2.75. The molecule has 0 spiro atoms. The number of hydrogen-bond donors (Lipinski definition) is 1. The zero-order chi connectivity index (χ0) is 15.5. The van der Waals surface area contributed by atoms with Crippen LogP contribution in [0.1, 0.15) is 57.8 Å². The van der Waals surface area contributed by atoms with Gasteiger partial charge in [-0.2, -0.15) is 5.10 Å². The van der Waals surface area contributed by atoms with Crippen LogP contribution in [0, 0.1) is 0 Å². The first-order chi connectivity index (χ1) is 10.0. The zero-order valence-corrected chi connectivity index (χ0v) is 14.9. The van der Waals surface area contributed by atoms with Crippen LogP contribution in [-0.2, 0) is 24.1 Å². The lowest BCUT2D eigenvalue weighted by Crippen LogP contribution is -2.43. The Hall–Kier alpha value is -0.390. The maximum atomic E-state index is 11.0. The monoisotopic (exact) mass is 358 g/mol. The largest absolute Gasteiger partial charge is 0.389 e. The van der Waals surface area contributed by atoms with Gasteiger partial charge < -0.3 is 9.84 Å². The molecule has 1 fully saturated rings. The number of nitrogens with zero attached hydrogens (tertiary/aromatic N) is 2. The summed E-state index contributed by atoms with van der Waals surface area (Å²) in [4.78, 5) is 0. The number of aryl methyl sites for hydroxylation is 2. The van der Waals surface area contributed by atoms with Crippen molar-refractivity contribution in [1.82, 2.24) is 9.78 Å². The molecule has 1 N–H and O–H groups in total. The van der Waals surface area contributed by atoms with Crippen molar-refractivity contribution in [1.29, 1.82) is 0 Å². The van der Waals surface area contributed by atoms with Crippen molar-refractivity contribution in [2.45, 2.75) is 77.5 Å². The average molecular weight is 359 g/mol. The summed E-state index contributed by atoms with van der Waals surface area (Å²) in [6, 6.07) is 0. The van der Waals surface area contributed by atoms with Crippen molar-refractivity contribution in [2.24, 2.45) is 0 Å². The normalized spacial score (nSPS) is 26.2. The van der Waals surface area contributed by atoms with Crippen molar-refractivity contribution in [3.05, 3.63) is 15.9 Å². The Labute approximate surface area is 136 Å². The van der Waals surface area contributed by atoms with Gasteiger partial charge in [0.2, 0.25) is 0 Å². The van der Waals surface area contributed by atoms with Gasteiger partial charge in [0, 0.05) is 26.0 Å². The van der Waals surface area contributed by atoms with E-state index in [1.54, 1.807) is 0 Å². The molecular weight excluding hydrogens is 332 g/mol. The molecule has 1 saturated heterocycles. The first kappa shape index (κ1) is 17.0. The van der Waals surface area contributed by atoms with Crippen molar-refractivity contribution in [2.75, 3.05) is 6.61 Å². The highest BCUT2D eigenvalue weighted by atomic mass is 79.9. The van der Waals surface area contributed by atoms with E-state index >= 15 is 0 Å². The Morgan fingerprint density at radius 1 is 1.43 bits per heavy atom. The molecule has 0 saturated carbocycles. The standard InChI is InChI=1S/C16H27BrN2O2/c1-4-7-12-10-16(20,8-9-21-12)11-14-15(17)13(5-2)18-19(14)6-3/h12,20H,4-11H2,1-3H3. The van der Waals surface area contributed by atoms with E-state index in [2.05, 4.69) is 41.8 Å². The third kappa shape index (κ3) is 3.88. The predicted molar refractivity (Wildman–Crippen MR) is 87.5 cm³/mol. The Bertz CT molecular complexity index is 473. The highest BCUT2D eigenvalue weighted by Crippen LogP contribution is 2.33. The van der Waals surface area contributed by atoms with E-state index in [4.69, 9.17) is 4.74 Å². The Morgan fingerprint density at radius 2 is 2.19 bits per heavy atom. The summed E-state index contributed by atoms with van der Waals surface area (Å²) in [6.45, 7) is 7.85. The van der Waals surface area contributed by atoms with Crippen LogP contribution in [0.3, 0.4) is 0 Å². The van der Waals surface area contributed by atoms with Gasteiger partial charge in [-0.15, -0.1) is 0 Å². The molecule has 2 heterocycles. The van der Waals surface area contributed by atoms with Gasteiger partial charge >= 0.3 is 0 Å². The van der Waals surface area contributed by atoms with E-state index < -0.39 is 5.60 Å². The van der Waals surface area contributed by atoms with Gasteiger partial charge in [-0.05, 0) is 42.1 Å². The molecule has 0 aliphatic carbocycles. The number of aliphatic hydroxyl groups is 1. The fourth-order valence-corrected chi connectivity index (χ4v) is 3.87. The lowest BCUT2D eigenvalue weighted by atomic mass is 9.85. The first-order valence-corrected chi connectivity index (χ1v) is 8.90. The number of ether oxygens (including phenoxy) is 1. The van der Waals surface area contributed by atoms with Crippen LogP contribution in [0.15, 0.2) is 4.47 Å². The van der Waals surface area contributed by atoms with Crippen molar-refractivity contribution < 1.29 is 9.84 Å². The lowest BCUT2D eigenvalue weighted by molar-refractivity contribution is -0.105. The minimum absolute atomic E-state index is 0.191. The van der Waals surface area contributed by atoms with E-state index in [-0.39, 0.29) is 6.10 Å². The molecule has 2 atom stereocenters. The molecule has 5 heteroatoms. The molecule has 0 radical (unpaired) electrons. The van der Waals surface area contributed by atoms with Crippen molar-refractivity contribution in [3.63, 3.8) is 0 Å². The highest BCUT2D eigenvalue weighted by molar-refractivity contribution is 9.10. The SMILES string of the molecule is CCCC1CC(O)(Cc2c(Br)c(CC)nn2CC)CCO1. The highest BCUT2D eigenvalue weighted by Gasteiger charge is 2.36. The maximum Gasteiger partial charge on any atom is 0.0766 e. The fraction of sp³-hybridized carbons (Fsp3) is 0.812.